The van der Waals surface area contributed by atoms with Gasteiger partial charge >= 0.3 is 0 Å². The van der Waals surface area contributed by atoms with E-state index in [9.17, 15) is 4.79 Å². The summed E-state index contributed by atoms with van der Waals surface area (Å²) in [6, 6.07) is 4.29. The number of amides is 1. The number of anilines is 2. The molecule has 4 heterocycles. The standard InChI is InChI=1S/C19H22N6OS/c1-20-15-16-18(23-10-9-22-16)27-17(15)19(26)24(2)13-5-11-25(12-6-13)14-3-7-21-8-4-14/h3-4,7-10,13,20H,5-6,11-12H2,1-2H3. The van der Waals surface area contributed by atoms with E-state index in [1.54, 1.807) is 12.4 Å². The van der Waals surface area contributed by atoms with Crippen LogP contribution in [0.1, 0.15) is 22.5 Å². The summed E-state index contributed by atoms with van der Waals surface area (Å²) in [6.45, 7) is 1.86. The molecule has 1 N–H and O–H groups in total. The molecule has 3 aromatic heterocycles. The predicted molar refractivity (Wildman–Crippen MR) is 109 cm³/mol. The minimum Gasteiger partial charge on any atom is -0.385 e. The van der Waals surface area contributed by atoms with Crippen molar-refractivity contribution in [3.8, 4) is 0 Å². The normalized spacial score (nSPS) is 15.1. The van der Waals surface area contributed by atoms with Gasteiger partial charge in [0.05, 0.1) is 5.69 Å². The number of thiophene rings is 1. The van der Waals surface area contributed by atoms with Crippen molar-refractivity contribution in [1.29, 1.82) is 0 Å². The van der Waals surface area contributed by atoms with Gasteiger partial charge in [-0.25, -0.2) is 9.97 Å². The fraction of sp³-hybridized carbons (Fsp3) is 0.368. The van der Waals surface area contributed by atoms with Crippen molar-refractivity contribution in [1.82, 2.24) is 19.9 Å². The number of carbonyl (C=O) groups excluding carboxylic acids is 1. The van der Waals surface area contributed by atoms with Gasteiger partial charge in [0.15, 0.2) is 0 Å². The van der Waals surface area contributed by atoms with Crippen LogP contribution < -0.4 is 10.2 Å². The molecule has 0 atom stereocenters. The van der Waals surface area contributed by atoms with E-state index in [1.807, 2.05) is 43.5 Å². The molecule has 8 heteroatoms. The first-order chi connectivity index (χ1) is 13.2. The number of rotatable bonds is 4. The molecule has 0 unspecified atom stereocenters. The van der Waals surface area contributed by atoms with E-state index in [0.29, 0.717) is 4.88 Å². The number of piperidine rings is 1. The molecule has 1 aliphatic heterocycles. The molecule has 3 aromatic rings. The van der Waals surface area contributed by atoms with E-state index in [1.165, 1.54) is 17.0 Å². The predicted octanol–water partition coefficient (Wildman–Crippen LogP) is 2.87. The molecule has 0 radical (unpaired) electrons. The zero-order valence-electron chi connectivity index (χ0n) is 15.4. The van der Waals surface area contributed by atoms with Crippen LogP contribution in [0.4, 0.5) is 11.4 Å². The number of carbonyl (C=O) groups is 1. The van der Waals surface area contributed by atoms with E-state index in [2.05, 4.69) is 25.2 Å². The third-order valence-corrected chi connectivity index (χ3v) is 6.21. The summed E-state index contributed by atoms with van der Waals surface area (Å²) < 4.78 is 0. The second kappa shape index (κ2) is 7.48. The highest BCUT2D eigenvalue weighted by Crippen LogP contribution is 2.34. The van der Waals surface area contributed by atoms with Crippen molar-refractivity contribution in [3.05, 3.63) is 41.8 Å². The number of pyridine rings is 1. The Morgan fingerprint density at radius 2 is 1.89 bits per heavy atom. The molecule has 1 amide bonds. The maximum Gasteiger partial charge on any atom is 0.266 e. The lowest BCUT2D eigenvalue weighted by molar-refractivity contribution is 0.0715. The third-order valence-electron chi connectivity index (χ3n) is 5.13. The molecule has 140 valence electrons. The van der Waals surface area contributed by atoms with Gasteiger partial charge in [-0.3, -0.25) is 9.78 Å². The molecule has 0 aromatic carbocycles. The topological polar surface area (TPSA) is 74.2 Å². The van der Waals surface area contributed by atoms with Gasteiger partial charge in [-0.2, -0.15) is 0 Å². The number of fused-ring (bicyclic) bond motifs is 1. The Balaban J connectivity index is 1.49. The van der Waals surface area contributed by atoms with Crippen LogP contribution in [0.25, 0.3) is 10.3 Å². The molecule has 0 saturated carbocycles. The molecule has 0 aliphatic carbocycles. The smallest absolute Gasteiger partial charge is 0.266 e. The lowest BCUT2D eigenvalue weighted by Crippen LogP contribution is -2.45. The maximum absolute atomic E-state index is 13.2. The summed E-state index contributed by atoms with van der Waals surface area (Å²) in [5.74, 6) is 0.0338. The highest BCUT2D eigenvalue weighted by atomic mass is 32.1. The molecule has 1 aliphatic rings. The Kier molecular flexibility index (Phi) is 4.89. The fourth-order valence-electron chi connectivity index (χ4n) is 3.60. The third kappa shape index (κ3) is 3.32. The fourth-order valence-corrected chi connectivity index (χ4v) is 4.69. The van der Waals surface area contributed by atoms with Crippen LogP contribution in [-0.2, 0) is 0 Å². The average Bonchev–Trinajstić information content (AvgIpc) is 3.12. The Bertz CT molecular complexity index is 936. The number of nitrogens with one attached hydrogen (secondary N) is 1. The minimum absolute atomic E-state index is 0.0338. The van der Waals surface area contributed by atoms with Gasteiger partial charge in [0, 0.05) is 63.7 Å². The molecule has 1 saturated heterocycles. The monoisotopic (exact) mass is 382 g/mol. The molecule has 1 fully saturated rings. The van der Waals surface area contributed by atoms with E-state index in [4.69, 9.17) is 0 Å². The maximum atomic E-state index is 13.2. The number of hydrogen-bond donors (Lipinski definition) is 1. The summed E-state index contributed by atoms with van der Waals surface area (Å²) in [7, 11) is 3.72. The highest BCUT2D eigenvalue weighted by Gasteiger charge is 2.29. The van der Waals surface area contributed by atoms with Crippen molar-refractivity contribution in [2.75, 3.05) is 37.4 Å². The second-order valence-corrected chi connectivity index (χ2v) is 7.61. The average molecular weight is 382 g/mol. The van der Waals surface area contributed by atoms with Crippen LogP contribution in [0.3, 0.4) is 0 Å². The Hall–Kier alpha value is -2.74. The largest absolute Gasteiger partial charge is 0.385 e. The molecule has 0 spiro atoms. The molecular formula is C19H22N6OS. The van der Waals surface area contributed by atoms with Crippen molar-refractivity contribution in [3.63, 3.8) is 0 Å². The van der Waals surface area contributed by atoms with Crippen LogP contribution in [0.15, 0.2) is 36.9 Å². The SMILES string of the molecule is CNc1c(C(=O)N(C)C2CCN(c3ccncc3)CC2)sc2nccnc12. The summed E-state index contributed by atoms with van der Waals surface area (Å²) >= 11 is 1.40. The Morgan fingerprint density at radius 3 is 2.59 bits per heavy atom. The van der Waals surface area contributed by atoms with Crippen molar-refractivity contribution in [2.24, 2.45) is 0 Å². The zero-order valence-corrected chi connectivity index (χ0v) is 16.2. The second-order valence-electron chi connectivity index (χ2n) is 6.61. The van der Waals surface area contributed by atoms with Crippen molar-refractivity contribution < 1.29 is 4.79 Å². The van der Waals surface area contributed by atoms with Gasteiger partial charge in [0.25, 0.3) is 5.91 Å². The van der Waals surface area contributed by atoms with Crippen LogP contribution in [-0.4, -0.2) is 59.0 Å². The molecular weight excluding hydrogens is 360 g/mol. The lowest BCUT2D eigenvalue weighted by Gasteiger charge is -2.37. The molecule has 0 bridgehead atoms. The van der Waals surface area contributed by atoms with Crippen LogP contribution in [0.2, 0.25) is 0 Å². The summed E-state index contributed by atoms with van der Waals surface area (Å²) in [5, 5.41) is 3.13. The quantitative estimate of drug-likeness (QED) is 0.748. The number of hydrogen-bond acceptors (Lipinski definition) is 7. The minimum atomic E-state index is 0.0338. The zero-order chi connectivity index (χ0) is 18.8. The number of nitrogens with zero attached hydrogens (tertiary/aromatic N) is 5. The first-order valence-electron chi connectivity index (χ1n) is 9.02. The summed E-state index contributed by atoms with van der Waals surface area (Å²) in [5.41, 5.74) is 2.72. The molecule has 4 rings (SSSR count). The first-order valence-corrected chi connectivity index (χ1v) is 9.84. The summed E-state index contributed by atoms with van der Waals surface area (Å²) in [6.07, 6.45) is 8.84. The van der Waals surface area contributed by atoms with Crippen molar-refractivity contribution >= 4 is 39.0 Å². The van der Waals surface area contributed by atoms with Gasteiger partial charge in [0.1, 0.15) is 15.2 Å². The van der Waals surface area contributed by atoms with Gasteiger partial charge in [-0.15, -0.1) is 11.3 Å². The van der Waals surface area contributed by atoms with Gasteiger partial charge < -0.3 is 15.1 Å². The lowest BCUT2D eigenvalue weighted by atomic mass is 10.0. The van der Waals surface area contributed by atoms with Gasteiger partial charge in [0.2, 0.25) is 0 Å². The van der Waals surface area contributed by atoms with E-state index < -0.39 is 0 Å². The van der Waals surface area contributed by atoms with Gasteiger partial charge in [-0.05, 0) is 25.0 Å². The Labute approximate surface area is 162 Å². The molecule has 7 nitrogen and oxygen atoms in total. The van der Waals surface area contributed by atoms with Crippen LogP contribution >= 0.6 is 11.3 Å². The molecule has 27 heavy (non-hydrogen) atoms. The Morgan fingerprint density at radius 1 is 1.19 bits per heavy atom. The van der Waals surface area contributed by atoms with E-state index >= 15 is 0 Å². The van der Waals surface area contributed by atoms with Gasteiger partial charge in [-0.1, -0.05) is 0 Å². The number of aromatic nitrogens is 3. The van der Waals surface area contributed by atoms with E-state index in [-0.39, 0.29) is 11.9 Å². The van der Waals surface area contributed by atoms with Crippen molar-refractivity contribution in [2.45, 2.75) is 18.9 Å². The highest BCUT2D eigenvalue weighted by molar-refractivity contribution is 7.21. The van der Waals surface area contributed by atoms with Crippen LogP contribution in [0, 0.1) is 0 Å². The first kappa shape index (κ1) is 17.7. The van der Waals surface area contributed by atoms with E-state index in [0.717, 1.165) is 42.0 Å². The summed E-state index contributed by atoms with van der Waals surface area (Å²) in [4.78, 5) is 31.7. The van der Waals surface area contributed by atoms with Crippen LogP contribution in [0.5, 0.6) is 0 Å².